The average molecular weight is 356 g/mol. The Morgan fingerprint density at radius 2 is 1.88 bits per heavy atom. The van der Waals surface area contributed by atoms with Crippen LogP contribution in [0.25, 0.3) is 0 Å². The van der Waals surface area contributed by atoms with E-state index >= 15 is 0 Å². The minimum atomic E-state index is -1.38. The summed E-state index contributed by atoms with van der Waals surface area (Å²) in [6.07, 6.45) is -0.769. The largest absolute Gasteiger partial charge is 0.465 e. The second kappa shape index (κ2) is 9.00. The molecule has 1 heterocycles. The number of nitrogens with two attached hydrogens (primary N) is 1. The van der Waals surface area contributed by atoms with Crippen molar-refractivity contribution in [1.82, 2.24) is 16.0 Å². The molecule has 0 aliphatic carbocycles. The van der Waals surface area contributed by atoms with E-state index in [9.17, 15) is 24.0 Å². The van der Waals surface area contributed by atoms with Crippen molar-refractivity contribution < 1.29 is 29.1 Å². The third-order valence-corrected chi connectivity index (χ3v) is 3.88. The van der Waals surface area contributed by atoms with Gasteiger partial charge < -0.3 is 26.8 Å². The number of carbonyl (C=O) groups is 5. The van der Waals surface area contributed by atoms with Gasteiger partial charge >= 0.3 is 6.09 Å². The summed E-state index contributed by atoms with van der Waals surface area (Å²) in [5.41, 5.74) is 5.01. The van der Waals surface area contributed by atoms with Gasteiger partial charge in [0, 0.05) is 12.5 Å². The zero-order chi connectivity index (χ0) is 19.1. The topological polar surface area (TPSA) is 168 Å². The lowest BCUT2D eigenvalue weighted by atomic mass is 9.94. The van der Waals surface area contributed by atoms with E-state index in [0.29, 0.717) is 13.0 Å². The summed E-state index contributed by atoms with van der Waals surface area (Å²) < 4.78 is 0. The maximum Gasteiger partial charge on any atom is 0.405 e. The summed E-state index contributed by atoms with van der Waals surface area (Å²) in [5.74, 6) is -3.77. The highest BCUT2D eigenvalue weighted by Gasteiger charge is 2.34. The molecule has 0 radical (unpaired) electrons. The normalized spacial score (nSPS) is 19.0. The number of primary amides is 1. The third kappa shape index (κ3) is 6.40. The van der Waals surface area contributed by atoms with Gasteiger partial charge in [-0.2, -0.15) is 0 Å². The Balaban J connectivity index is 2.87. The van der Waals surface area contributed by atoms with Crippen molar-refractivity contribution in [3.63, 3.8) is 0 Å². The second-order valence-corrected chi connectivity index (χ2v) is 6.43. The molecule has 0 unspecified atom stereocenters. The van der Waals surface area contributed by atoms with Crippen LogP contribution >= 0.6 is 0 Å². The number of carboxylic acid groups (broad SMARTS) is 1. The molecule has 1 fully saturated rings. The summed E-state index contributed by atoms with van der Waals surface area (Å²) >= 11 is 0. The minimum absolute atomic E-state index is 0.00787. The van der Waals surface area contributed by atoms with Crippen molar-refractivity contribution in [2.75, 3.05) is 6.54 Å². The first-order valence-corrected chi connectivity index (χ1v) is 8.03. The maximum absolute atomic E-state index is 12.4. The SMILES string of the molecule is CC(C)C[C@H](NC(=O)O)C(=O)N[C@@H](C[C@@H]1CCNC1=O)C(=O)C(N)=O. The number of carbonyl (C=O) groups excluding carboxylic acids is 4. The second-order valence-electron chi connectivity index (χ2n) is 6.43. The molecule has 0 saturated carbocycles. The fourth-order valence-corrected chi connectivity index (χ4v) is 2.68. The molecule has 0 aromatic heterocycles. The zero-order valence-corrected chi connectivity index (χ0v) is 14.2. The molecule has 3 atom stereocenters. The Hall–Kier alpha value is -2.65. The summed E-state index contributed by atoms with van der Waals surface area (Å²) in [6.45, 7) is 4.06. The minimum Gasteiger partial charge on any atom is -0.465 e. The molecule has 4 amide bonds. The monoisotopic (exact) mass is 356 g/mol. The molecule has 10 nitrogen and oxygen atoms in total. The number of Topliss-reactive ketones (excluding diaryl/α,β-unsaturated/α-hetero) is 1. The van der Waals surface area contributed by atoms with Crippen molar-refractivity contribution in [2.45, 2.75) is 45.2 Å². The van der Waals surface area contributed by atoms with Crippen molar-refractivity contribution in [3.8, 4) is 0 Å². The number of ketones is 1. The fraction of sp³-hybridized carbons (Fsp3) is 0.667. The van der Waals surface area contributed by atoms with Gasteiger partial charge in [0.05, 0.1) is 6.04 Å². The Morgan fingerprint density at radius 3 is 2.32 bits per heavy atom. The van der Waals surface area contributed by atoms with Gasteiger partial charge in [0.25, 0.3) is 5.91 Å². The highest BCUT2D eigenvalue weighted by atomic mass is 16.4. The molecule has 1 saturated heterocycles. The van der Waals surface area contributed by atoms with Crippen molar-refractivity contribution in [1.29, 1.82) is 0 Å². The number of nitrogens with one attached hydrogen (secondary N) is 3. The first kappa shape index (κ1) is 20.4. The van der Waals surface area contributed by atoms with Crippen LogP contribution in [0.5, 0.6) is 0 Å². The maximum atomic E-state index is 12.4. The lowest BCUT2D eigenvalue weighted by Crippen LogP contribution is -2.54. The van der Waals surface area contributed by atoms with Crippen molar-refractivity contribution in [2.24, 2.45) is 17.6 Å². The van der Waals surface area contributed by atoms with Gasteiger partial charge in [0.1, 0.15) is 6.04 Å². The van der Waals surface area contributed by atoms with Crippen LogP contribution < -0.4 is 21.7 Å². The lowest BCUT2D eigenvalue weighted by Gasteiger charge is -2.23. The molecule has 1 aliphatic heterocycles. The Morgan fingerprint density at radius 1 is 1.24 bits per heavy atom. The Kier molecular flexibility index (Phi) is 7.34. The van der Waals surface area contributed by atoms with Crippen LogP contribution in [0.15, 0.2) is 0 Å². The molecule has 140 valence electrons. The first-order chi connectivity index (χ1) is 11.6. The van der Waals surface area contributed by atoms with Gasteiger partial charge in [-0.15, -0.1) is 0 Å². The molecular formula is C15H24N4O6. The van der Waals surface area contributed by atoms with E-state index in [1.807, 2.05) is 0 Å². The standard InChI is InChI=1S/C15H24N4O6/c1-7(2)5-10(19-15(24)25)14(23)18-9(11(20)12(16)21)6-8-3-4-17-13(8)22/h7-10,19H,3-6H2,1-2H3,(H2,16,21)(H,17,22)(H,18,23)(H,24,25)/t8-,9-,10-/m0/s1. The summed E-state index contributed by atoms with van der Waals surface area (Å²) in [5, 5.41) is 15.9. The Bertz CT molecular complexity index is 562. The van der Waals surface area contributed by atoms with E-state index in [2.05, 4.69) is 16.0 Å². The highest BCUT2D eigenvalue weighted by Crippen LogP contribution is 2.17. The quantitative estimate of drug-likeness (QED) is 0.323. The van der Waals surface area contributed by atoms with Crippen molar-refractivity contribution >= 4 is 29.6 Å². The summed E-state index contributed by atoms with van der Waals surface area (Å²) in [4.78, 5) is 58.1. The molecule has 1 rings (SSSR count). The van der Waals surface area contributed by atoms with E-state index in [1.165, 1.54) is 0 Å². The van der Waals surface area contributed by atoms with Gasteiger partial charge in [0.15, 0.2) is 0 Å². The van der Waals surface area contributed by atoms with Gasteiger partial charge in [-0.25, -0.2) is 4.79 Å². The van der Waals surface area contributed by atoms with Gasteiger partial charge in [0.2, 0.25) is 17.6 Å². The first-order valence-electron chi connectivity index (χ1n) is 8.03. The van der Waals surface area contributed by atoms with Crippen LogP contribution in [0, 0.1) is 11.8 Å². The van der Waals surface area contributed by atoms with E-state index < -0.39 is 41.7 Å². The molecule has 6 N–H and O–H groups in total. The van der Waals surface area contributed by atoms with Gasteiger partial charge in [-0.05, 0) is 25.2 Å². The van der Waals surface area contributed by atoms with Crippen LogP contribution in [-0.2, 0) is 19.2 Å². The predicted octanol–water partition coefficient (Wildman–Crippen LogP) is -1.27. The molecule has 0 spiro atoms. The molecule has 1 aliphatic rings. The number of hydrogen-bond donors (Lipinski definition) is 5. The number of hydrogen-bond acceptors (Lipinski definition) is 5. The van der Waals surface area contributed by atoms with E-state index in [-0.39, 0.29) is 24.7 Å². The zero-order valence-electron chi connectivity index (χ0n) is 14.2. The molecule has 0 bridgehead atoms. The highest BCUT2D eigenvalue weighted by molar-refractivity contribution is 6.37. The number of amides is 4. The molecular weight excluding hydrogens is 332 g/mol. The van der Waals surface area contributed by atoms with Gasteiger partial charge in [-0.1, -0.05) is 13.8 Å². The van der Waals surface area contributed by atoms with E-state index in [4.69, 9.17) is 10.8 Å². The average Bonchev–Trinajstić information content (AvgIpc) is 2.89. The van der Waals surface area contributed by atoms with Crippen LogP contribution in [0.1, 0.15) is 33.1 Å². The molecule has 0 aromatic carbocycles. The molecule has 10 heteroatoms. The lowest BCUT2D eigenvalue weighted by molar-refractivity contribution is -0.139. The fourth-order valence-electron chi connectivity index (χ4n) is 2.68. The predicted molar refractivity (Wildman–Crippen MR) is 86.3 cm³/mol. The van der Waals surface area contributed by atoms with Crippen LogP contribution in [0.2, 0.25) is 0 Å². The Labute approximate surface area is 144 Å². The summed E-state index contributed by atoms with van der Waals surface area (Å²) in [6, 6.07) is -2.36. The number of rotatable bonds is 9. The third-order valence-electron chi connectivity index (χ3n) is 3.88. The van der Waals surface area contributed by atoms with Crippen LogP contribution in [0.4, 0.5) is 4.79 Å². The molecule has 0 aromatic rings. The smallest absolute Gasteiger partial charge is 0.405 e. The van der Waals surface area contributed by atoms with E-state index in [0.717, 1.165) is 0 Å². The van der Waals surface area contributed by atoms with Crippen molar-refractivity contribution in [3.05, 3.63) is 0 Å². The van der Waals surface area contributed by atoms with E-state index in [1.54, 1.807) is 13.8 Å². The van der Waals surface area contributed by atoms with Crippen LogP contribution in [0.3, 0.4) is 0 Å². The molecule has 25 heavy (non-hydrogen) atoms. The summed E-state index contributed by atoms with van der Waals surface area (Å²) in [7, 11) is 0. The van der Waals surface area contributed by atoms with Crippen LogP contribution in [-0.4, -0.2) is 53.3 Å². The van der Waals surface area contributed by atoms with Gasteiger partial charge in [-0.3, -0.25) is 19.2 Å².